The van der Waals surface area contributed by atoms with Crippen molar-refractivity contribution in [3.63, 3.8) is 0 Å². The van der Waals surface area contributed by atoms with Gasteiger partial charge in [0.1, 0.15) is 0 Å². The maximum atomic E-state index is 11.5. The van der Waals surface area contributed by atoms with Gasteiger partial charge in [0.05, 0.1) is 17.6 Å². The number of amides is 1. The van der Waals surface area contributed by atoms with Crippen LogP contribution in [0.25, 0.3) is 0 Å². The van der Waals surface area contributed by atoms with E-state index in [2.05, 4.69) is 0 Å². The van der Waals surface area contributed by atoms with Gasteiger partial charge in [0.2, 0.25) is 11.6 Å². The van der Waals surface area contributed by atoms with Crippen molar-refractivity contribution in [1.29, 1.82) is 0 Å². The van der Waals surface area contributed by atoms with Crippen molar-refractivity contribution in [2.24, 2.45) is 5.73 Å². The summed E-state index contributed by atoms with van der Waals surface area (Å²) in [4.78, 5) is 42.9. The summed E-state index contributed by atoms with van der Waals surface area (Å²) in [6.45, 7) is 12.0. The Kier molecular flexibility index (Phi) is 6.28. The summed E-state index contributed by atoms with van der Waals surface area (Å²) in [6, 6.07) is 0. The molecule has 0 aromatic rings. The van der Waals surface area contributed by atoms with E-state index in [-0.39, 0.29) is 0 Å². The zero-order valence-electron chi connectivity index (χ0n) is 13.2. The molecule has 0 spiro atoms. The van der Waals surface area contributed by atoms with Gasteiger partial charge in [-0.1, -0.05) is 0 Å². The van der Waals surface area contributed by atoms with E-state index in [4.69, 9.17) is 25.3 Å². The summed E-state index contributed by atoms with van der Waals surface area (Å²) < 4.78 is 0. The summed E-state index contributed by atoms with van der Waals surface area (Å²) >= 11 is 0. The highest BCUT2D eigenvalue weighted by Gasteiger charge is 2.37. The lowest BCUT2D eigenvalue weighted by Gasteiger charge is -2.32. The molecule has 0 aliphatic rings. The Bertz CT molecular complexity index is 335. The maximum Gasteiger partial charge on any atom is 0.285 e. The molecule has 0 fully saturated rings. The van der Waals surface area contributed by atoms with Crippen LogP contribution < -0.4 is 5.73 Å². The van der Waals surface area contributed by atoms with Crippen LogP contribution in [-0.2, 0) is 29.1 Å². The van der Waals surface area contributed by atoms with Crippen LogP contribution in [-0.4, -0.2) is 28.7 Å². The SMILES string of the molecule is CC(C)(C)OOC(C)(CC(=O)C(N)=O)OOC(C)(C)C. The molecule has 0 radical (unpaired) electrons. The van der Waals surface area contributed by atoms with Crippen molar-refractivity contribution < 1.29 is 29.1 Å². The molecule has 0 atom stereocenters. The molecule has 0 saturated heterocycles. The van der Waals surface area contributed by atoms with Gasteiger partial charge >= 0.3 is 0 Å². The van der Waals surface area contributed by atoms with Gasteiger partial charge in [-0.15, -0.1) is 0 Å². The first kappa shape index (κ1) is 19.0. The second kappa shape index (κ2) is 6.62. The zero-order chi connectivity index (χ0) is 16.2. The van der Waals surface area contributed by atoms with Gasteiger partial charge < -0.3 is 5.73 Å². The van der Waals surface area contributed by atoms with E-state index in [1.165, 1.54) is 6.92 Å². The van der Waals surface area contributed by atoms with Crippen LogP contribution in [0, 0.1) is 0 Å². The molecule has 0 saturated carbocycles. The lowest BCUT2D eigenvalue weighted by Crippen LogP contribution is -2.42. The number of hydrogen-bond donors (Lipinski definition) is 1. The molecule has 7 nitrogen and oxygen atoms in total. The van der Waals surface area contributed by atoms with E-state index < -0.39 is 35.1 Å². The molecule has 0 aromatic heterocycles. The number of rotatable bonds is 7. The summed E-state index contributed by atoms with van der Waals surface area (Å²) in [5, 5.41) is 0. The van der Waals surface area contributed by atoms with Crippen molar-refractivity contribution in [1.82, 2.24) is 0 Å². The first-order valence-corrected chi connectivity index (χ1v) is 6.30. The quantitative estimate of drug-likeness (QED) is 0.331. The number of carbonyl (C=O) groups is 2. The second-order valence-electron chi connectivity index (χ2n) is 6.66. The normalized spacial score (nSPS) is 13.3. The molecule has 7 heteroatoms. The van der Waals surface area contributed by atoms with E-state index in [9.17, 15) is 9.59 Å². The van der Waals surface area contributed by atoms with E-state index in [1.54, 1.807) is 41.5 Å². The fraction of sp³-hybridized carbons (Fsp3) is 0.846. The van der Waals surface area contributed by atoms with Crippen LogP contribution in [0.3, 0.4) is 0 Å². The third kappa shape index (κ3) is 8.98. The highest BCUT2D eigenvalue weighted by Crippen LogP contribution is 2.24. The fourth-order valence-corrected chi connectivity index (χ4v) is 0.878. The topological polar surface area (TPSA) is 97.1 Å². The van der Waals surface area contributed by atoms with Crippen molar-refractivity contribution in [2.75, 3.05) is 0 Å². The highest BCUT2D eigenvalue weighted by atomic mass is 17.3. The van der Waals surface area contributed by atoms with Gasteiger partial charge in [0, 0.05) is 0 Å². The molecule has 0 bridgehead atoms. The third-order valence-electron chi connectivity index (χ3n) is 1.69. The smallest absolute Gasteiger partial charge is 0.285 e. The Hall–Kier alpha value is -1.02. The molecular formula is C13H25NO6. The van der Waals surface area contributed by atoms with Crippen LogP contribution in [0.2, 0.25) is 0 Å². The van der Waals surface area contributed by atoms with Gasteiger partial charge in [0.15, 0.2) is 0 Å². The maximum absolute atomic E-state index is 11.5. The molecule has 0 aliphatic carbocycles. The lowest BCUT2D eigenvalue weighted by molar-refractivity contribution is -0.535. The fourth-order valence-electron chi connectivity index (χ4n) is 0.878. The molecule has 20 heavy (non-hydrogen) atoms. The largest absolute Gasteiger partial charge is 0.363 e. The Morgan fingerprint density at radius 1 is 0.800 bits per heavy atom. The number of nitrogens with two attached hydrogens (primary N) is 1. The summed E-state index contributed by atoms with van der Waals surface area (Å²) in [7, 11) is 0. The van der Waals surface area contributed by atoms with Crippen LogP contribution in [0.1, 0.15) is 54.9 Å². The minimum atomic E-state index is -1.58. The highest BCUT2D eigenvalue weighted by molar-refractivity contribution is 6.35. The van der Waals surface area contributed by atoms with E-state index >= 15 is 0 Å². The molecular weight excluding hydrogens is 266 g/mol. The third-order valence-corrected chi connectivity index (χ3v) is 1.69. The first-order valence-electron chi connectivity index (χ1n) is 6.30. The Morgan fingerprint density at radius 3 is 1.40 bits per heavy atom. The second-order valence-corrected chi connectivity index (χ2v) is 6.66. The molecule has 1 amide bonds. The molecule has 0 heterocycles. The van der Waals surface area contributed by atoms with E-state index in [0.29, 0.717) is 0 Å². The minimum absolute atomic E-state index is 0.422. The van der Waals surface area contributed by atoms with Gasteiger partial charge in [-0.05, 0) is 48.5 Å². The number of primary amides is 1. The van der Waals surface area contributed by atoms with Crippen LogP contribution in [0.4, 0.5) is 0 Å². The van der Waals surface area contributed by atoms with Crippen molar-refractivity contribution in [3.05, 3.63) is 0 Å². The van der Waals surface area contributed by atoms with Crippen LogP contribution in [0.15, 0.2) is 0 Å². The predicted octanol–water partition coefficient (Wildman–Crippen LogP) is 1.64. The average molecular weight is 291 g/mol. The molecule has 0 aliphatic heterocycles. The average Bonchev–Trinajstić information content (AvgIpc) is 2.22. The molecule has 0 aromatic carbocycles. The molecule has 0 rings (SSSR count). The van der Waals surface area contributed by atoms with Crippen LogP contribution >= 0.6 is 0 Å². The Morgan fingerprint density at radius 2 is 1.15 bits per heavy atom. The number of Topliss-reactive ketones (excluding diaryl/α,β-unsaturated/α-hetero) is 1. The van der Waals surface area contributed by atoms with Crippen molar-refractivity contribution in [3.8, 4) is 0 Å². The predicted molar refractivity (Wildman–Crippen MR) is 71.1 cm³/mol. The number of carbonyl (C=O) groups excluding carboxylic acids is 2. The summed E-state index contributed by atoms with van der Waals surface area (Å²) in [5.74, 6) is -3.50. The zero-order valence-corrected chi connectivity index (χ0v) is 13.2. The number of hydrogen-bond acceptors (Lipinski definition) is 6. The van der Waals surface area contributed by atoms with Gasteiger partial charge in [-0.25, -0.2) is 9.78 Å². The first-order chi connectivity index (χ1) is 8.74. The number of ketones is 1. The van der Waals surface area contributed by atoms with Crippen molar-refractivity contribution >= 4 is 11.7 Å². The van der Waals surface area contributed by atoms with Crippen LogP contribution in [0.5, 0.6) is 0 Å². The van der Waals surface area contributed by atoms with Crippen molar-refractivity contribution in [2.45, 2.75) is 71.9 Å². The van der Waals surface area contributed by atoms with E-state index in [0.717, 1.165) is 0 Å². The van der Waals surface area contributed by atoms with E-state index in [1.807, 2.05) is 0 Å². The van der Waals surface area contributed by atoms with Gasteiger partial charge in [-0.2, -0.15) is 9.78 Å². The summed E-state index contributed by atoms with van der Waals surface area (Å²) in [6.07, 6.45) is -0.422. The molecule has 0 unspecified atom stereocenters. The summed E-state index contributed by atoms with van der Waals surface area (Å²) in [5.41, 5.74) is 3.68. The van der Waals surface area contributed by atoms with Gasteiger partial charge in [-0.3, -0.25) is 9.59 Å². The minimum Gasteiger partial charge on any atom is -0.363 e. The Balaban J connectivity index is 4.83. The lowest BCUT2D eigenvalue weighted by atomic mass is 10.1. The molecule has 118 valence electrons. The monoisotopic (exact) mass is 291 g/mol. The van der Waals surface area contributed by atoms with Gasteiger partial charge in [0.25, 0.3) is 5.91 Å². The standard InChI is InChI=1S/C13H25NO6/c1-11(2,3)17-19-13(7,8-9(15)10(14)16)20-18-12(4,5)6/h8H2,1-7H3,(H2,14,16). The molecule has 2 N–H and O–H groups in total. The Labute approximate surface area is 119 Å².